The molecule has 0 radical (unpaired) electrons. The zero-order chi connectivity index (χ0) is 12.7. The number of rotatable bonds is 2. The molecule has 0 aromatic heterocycles. The predicted molar refractivity (Wildman–Crippen MR) is 66.5 cm³/mol. The number of hydrogen-bond donors (Lipinski definition) is 2. The molecule has 1 heterocycles. The van der Waals surface area contributed by atoms with Gasteiger partial charge >= 0.3 is 0 Å². The fourth-order valence-corrected chi connectivity index (χ4v) is 1.88. The monoisotopic (exact) mass is 246 g/mol. The van der Waals surface area contributed by atoms with E-state index >= 15 is 0 Å². The Balaban J connectivity index is 1.80. The second-order valence-corrected chi connectivity index (χ2v) is 4.72. The van der Waals surface area contributed by atoms with Crippen LogP contribution in [0.15, 0.2) is 18.2 Å². The molecule has 3 rings (SSSR count). The Morgan fingerprint density at radius 1 is 1.44 bits per heavy atom. The summed E-state index contributed by atoms with van der Waals surface area (Å²) in [5.41, 5.74) is 1.29. The van der Waals surface area contributed by atoms with E-state index < -0.39 is 6.10 Å². The fraction of sp³-hybridized carbons (Fsp3) is 0.385. The van der Waals surface area contributed by atoms with Gasteiger partial charge in [0.1, 0.15) is 5.75 Å². The molecule has 0 saturated heterocycles. The Hall–Kier alpha value is -2.04. The molecule has 1 fully saturated rings. The molecule has 5 heteroatoms. The first-order chi connectivity index (χ1) is 8.63. The Morgan fingerprint density at radius 3 is 2.94 bits per heavy atom. The molecular weight excluding hydrogens is 232 g/mol. The van der Waals surface area contributed by atoms with Crippen molar-refractivity contribution in [3.8, 4) is 5.75 Å². The maximum atomic E-state index is 11.6. The quantitative estimate of drug-likeness (QED) is 0.835. The largest absolute Gasteiger partial charge is 0.479 e. The van der Waals surface area contributed by atoms with Crippen LogP contribution in [0, 0.1) is 5.92 Å². The summed E-state index contributed by atoms with van der Waals surface area (Å²) in [5.74, 6) is 0.665. The molecule has 18 heavy (non-hydrogen) atoms. The lowest BCUT2D eigenvalue weighted by Crippen LogP contribution is -2.34. The highest BCUT2D eigenvalue weighted by Gasteiger charge is 2.30. The van der Waals surface area contributed by atoms with Gasteiger partial charge in [-0.3, -0.25) is 9.59 Å². The van der Waals surface area contributed by atoms with E-state index in [1.165, 1.54) is 0 Å². The lowest BCUT2D eigenvalue weighted by Gasteiger charge is -2.23. The summed E-state index contributed by atoms with van der Waals surface area (Å²) in [6.07, 6.45) is 1.45. The van der Waals surface area contributed by atoms with Crippen LogP contribution < -0.4 is 15.4 Å². The van der Waals surface area contributed by atoms with Crippen LogP contribution in [0.25, 0.3) is 0 Å². The van der Waals surface area contributed by atoms with Gasteiger partial charge in [0.25, 0.3) is 5.91 Å². The van der Waals surface area contributed by atoms with Crippen LogP contribution in [0.2, 0.25) is 0 Å². The Kier molecular flexibility index (Phi) is 2.47. The first-order valence-electron chi connectivity index (χ1n) is 6.06. The number of fused-ring (bicyclic) bond motifs is 1. The zero-order valence-electron chi connectivity index (χ0n) is 10.0. The second kappa shape index (κ2) is 4.01. The van der Waals surface area contributed by atoms with E-state index in [2.05, 4.69) is 10.6 Å². The molecule has 1 aromatic carbocycles. The van der Waals surface area contributed by atoms with E-state index in [0.717, 1.165) is 12.8 Å². The van der Waals surface area contributed by atoms with Crippen molar-refractivity contribution in [1.82, 2.24) is 0 Å². The third kappa shape index (κ3) is 2.03. The van der Waals surface area contributed by atoms with Gasteiger partial charge in [0.2, 0.25) is 5.91 Å². The van der Waals surface area contributed by atoms with Gasteiger partial charge in [0.15, 0.2) is 6.10 Å². The summed E-state index contributed by atoms with van der Waals surface area (Å²) in [7, 11) is 0. The van der Waals surface area contributed by atoms with E-state index in [1.807, 2.05) is 0 Å². The molecule has 5 nitrogen and oxygen atoms in total. The molecule has 0 bridgehead atoms. The first-order valence-corrected chi connectivity index (χ1v) is 6.06. The van der Waals surface area contributed by atoms with E-state index in [1.54, 1.807) is 25.1 Å². The van der Waals surface area contributed by atoms with Gasteiger partial charge in [-0.1, -0.05) is 0 Å². The van der Waals surface area contributed by atoms with Crippen LogP contribution >= 0.6 is 0 Å². The molecule has 1 aromatic rings. The first kappa shape index (κ1) is 11.1. The van der Waals surface area contributed by atoms with E-state index in [4.69, 9.17) is 4.74 Å². The zero-order valence-corrected chi connectivity index (χ0v) is 10.0. The van der Waals surface area contributed by atoms with Crippen LogP contribution in [-0.4, -0.2) is 17.9 Å². The maximum absolute atomic E-state index is 11.6. The van der Waals surface area contributed by atoms with Gasteiger partial charge in [0.05, 0.1) is 5.69 Å². The summed E-state index contributed by atoms with van der Waals surface area (Å²) in [6, 6.07) is 5.26. The van der Waals surface area contributed by atoms with Gasteiger partial charge in [-0.15, -0.1) is 0 Å². The average molecular weight is 246 g/mol. The predicted octanol–water partition coefficient (Wildman–Crippen LogP) is 1.75. The van der Waals surface area contributed by atoms with Gasteiger partial charge in [-0.05, 0) is 38.0 Å². The third-order valence-corrected chi connectivity index (χ3v) is 3.13. The van der Waals surface area contributed by atoms with Gasteiger partial charge in [0, 0.05) is 11.6 Å². The number of benzene rings is 1. The molecular formula is C13H14N2O3. The van der Waals surface area contributed by atoms with Crippen LogP contribution in [0.3, 0.4) is 0 Å². The van der Waals surface area contributed by atoms with Crippen LogP contribution in [0.1, 0.15) is 19.8 Å². The van der Waals surface area contributed by atoms with E-state index in [9.17, 15) is 9.59 Å². The van der Waals surface area contributed by atoms with Crippen molar-refractivity contribution in [2.45, 2.75) is 25.9 Å². The minimum atomic E-state index is -0.482. The molecule has 1 saturated carbocycles. The number of carbonyl (C=O) groups excluding carboxylic acids is 2. The van der Waals surface area contributed by atoms with Crippen molar-refractivity contribution in [1.29, 1.82) is 0 Å². The fourth-order valence-electron chi connectivity index (χ4n) is 1.88. The minimum absolute atomic E-state index is 0.0476. The summed E-state index contributed by atoms with van der Waals surface area (Å²) in [4.78, 5) is 23.1. The Morgan fingerprint density at radius 2 is 2.22 bits per heavy atom. The average Bonchev–Trinajstić information content (AvgIpc) is 3.15. The summed E-state index contributed by atoms with van der Waals surface area (Å²) in [5, 5.41) is 5.59. The van der Waals surface area contributed by atoms with Crippen molar-refractivity contribution in [2.75, 3.05) is 10.6 Å². The molecule has 1 aliphatic heterocycles. The van der Waals surface area contributed by atoms with Gasteiger partial charge < -0.3 is 15.4 Å². The second-order valence-electron chi connectivity index (χ2n) is 4.72. The molecule has 2 aliphatic rings. The summed E-state index contributed by atoms with van der Waals surface area (Å²) < 4.78 is 5.44. The highest BCUT2D eigenvalue weighted by atomic mass is 16.5. The molecule has 2 N–H and O–H groups in total. The number of ether oxygens (including phenoxy) is 1. The summed E-state index contributed by atoms with van der Waals surface area (Å²) >= 11 is 0. The third-order valence-electron chi connectivity index (χ3n) is 3.13. The summed E-state index contributed by atoms with van der Waals surface area (Å²) in [6.45, 7) is 1.70. The van der Waals surface area contributed by atoms with Crippen molar-refractivity contribution in [2.24, 2.45) is 5.92 Å². The molecule has 1 aliphatic carbocycles. The van der Waals surface area contributed by atoms with Crippen molar-refractivity contribution >= 4 is 23.2 Å². The Labute approximate surface area is 105 Å². The maximum Gasteiger partial charge on any atom is 0.265 e. The van der Waals surface area contributed by atoms with E-state index in [0.29, 0.717) is 17.1 Å². The smallest absolute Gasteiger partial charge is 0.265 e. The van der Waals surface area contributed by atoms with Crippen molar-refractivity contribution < 1.29 is 14.3 Å². The topological polar surface area (TPSA) is 67.4 Å². The van der Waals surface area contributed by atoms with Crippen molar-refractivity contribution in [3.05, 3.63) is 18.2 Å². The van der Waals surface area contributed by atoms with Crippen LogP contribution in [0.4, 0.5) is 11.4 Å². The van der Waals surface area contributed by atoms with Gasteiger partial charge in [-0.2, -0.15) is 0 Å². The molecule has 0 unspecified atom stereocenters. The molecule has 94 valence electrons. The number of nitrogens with one attached hydrogen (secondary N) is 2. The lowest BCUT2D eigenvalue weighted by molar-refractivity contribution is -0.122. The normalized spacial score (nSPS) is 21.6. The SMILES string of the molecule is C[C@H]1Oc2ccc(NC(=O)C3CC3)cc2NC1=O. The van der Waals surface area contributed by atoms with Crippen LogP contribution in [-0.2, 0) is 9.59 Å². The number of carbonyl (C=O) groups is 2. The number of hydrogen-bond acceptors (Lipinski definition) is 3. The number of anilines is 2. The van der Waals surface area contributed by atoms with Crippen LogP contribution in [0.5, 0.6) is 5.75 Å². The number of amides is 2. The lowest BCUT2D eigenvalue weighted by atomic mass is 10.2. The van der Waals surface area contributed by atoms with Gasteiger partial charge in [-0.25, -0.2) is 0 Å². The highest BCUT2D eigenvalue weighted by Crippen LogP contribution is 2.34. The standard InChI is InChI=1S/C13H14N2O3/c1-7-12(16)15-10-6-9(4-5-11(10)18-7)14-13(17)8-2-3-8/h4-8H,2-3H2,1H3,(H,14,17)(H,15,16)/t7-/m1/s1. The molecule has 0 spiro atoms. The Bertz CT molecular complexity index is 523. The van der Waals surface area contributed by atoms with E-state index in [-0.39, 0.29) is 17.7 Å². The molecule has 2 amide bonds. The minimum Gasteiger partial charge on any atom is -0.479 e. The van der Waals surface area contributed by atoms with Crippen molar-refractivity contribution in [3.63, 3.8) is 0 Å². The highest BCUT2D eigenvalue weighted by molar-refractivity contribution is 5.99. The molecule has 1 atom stereocenters.